The smallest absolute Gasteiger partial charge is 0.230 e. The topological polar surface area (TPSA) is 85.4 Å². The summed E-state index contributed by atoms with van der Waals surface area (Å²) < 4.78 is 30.2. The summed E-state index contributed by atoms with van der Waals surface area (Å²) in [5, 5.41) is 3.31. The minimum absolute atomic E-state index is 0.0498. The van der Waals surface area contributed by atoms with Crippen LogP contribution in [0.1, 0.15) is 19.4 Å². The highest BCUT2D eigenvalue weighted by atomic mass is 32.2. The largest absolute Gasteiger partial charge is 0.492 e. The molecule has 0 unspecified atom stereocenters. The summed E-state index contributed by atoms with van der Waals surface area (Å²) in [6.07, 6.45) is 0.140. The van der Waals surface area contributed by atoms with Crippen molar-refractivity contribution in [3.63, 3.8) is 0 Å². The first-order valence-corrected chi connectivity index (χ1v) is 11.0. The summed E-state index contributed by atoms with van der Waals surface area (Å²) in [7, 11) is -3.24. The fourth-order valence-electron chi connectivity index (χ4n) is 2.58. The molecule has 0 spiro atoms. The zero-order valence-corrected chi connectivity index (χ0v) is 16.7. The van der Waals surface area contributed by atoms with Gasteiger partial charge in [-0.05, 0) is 36.8 Å². The van der Waals surface area contributed by atoms with Crippen molar-refractivity contribution in [3.05, 3.63) is 48.0 Å². The van der Waals surface area contributed by atoms with Gasteiger partial charge < -0.3 is 10.1 Å². The molecule has 1 N–H and O–H groups in total. The molecule has 142 valence electrons. The van der Waals surface area contributed by atoms with Crippen LogP contribution in [0.25, 0.3) is 10.2 Å². The molecule has 0 radical (unpaired) electrons. The van der Waals surface area contributed by atoms with Gasteiger partial charge in [0.1, 0.15) is 11.3 Å². The normalized spacial score (nSPS) is 11.5. The number of nitrogens with zero attached hydrogens (tertiary/aromatic N) is 1. The summed E-state index contributed by atoms with van der Waals surface area (Å²) >= 11 is 1.38. The third-order valence-corrected chi connectivity index (χ3v) is 6.64. The van der Waals surface area contributed by atoms with E-state index >= 15 is 0 Å². The number of carbonyl (C=O) groups is 1. The number of para-hydroxylation sites is 1. The first-order valence-electron chi connectivity index (χ1n) is 8.57. The van der Waals surface area contributed by atoms with E-state index in [1.165, 1.54) is 23.5 Å². The SMILES string of the molecule is CCOc1cccc2sc(NC(=O)Cc3ccc(S(=O)(=O)CC)cc3)nc12. The standard InChI is InChI=1S/C19H20N2O4S2/c1-3-25-15-6-5-7-16-18(15)21-19(26-16)20-17(22)12-13-8-10-14(11-9-13)27(23,24)4-2/h5-11H,3-4,12H2,1-2H3,(H,20,21,22). The molecule has 8 heteroatoms. The highest BCUT2D eigenvalue weighted by Crippen LogP contribution is 2.32. The summed E-state index contributed by atoms with van der Waals surface area (Å²) in [4.78, 5) is 17.0. The fraction of sp³-hybridized carbons (Fsp3) is 0.263. The Bertz CT molecular complexity index is 1060. The van der Waals surface area contributed by atoms with Crippen molar-refractivity contribution in [1.29, 1.82) is 0 Å². The van der Waals surface area contributed by atoms with Gasteiger partial charge >= 0.3 is 0 Å². The zero-order chi connectivity index (χ0) is 19.4. The highest BCUT2D eigenvalue weighted by molar-refractivity contribution is 7.91. The Morgan fingerprint density at radius 3 is 2.56 bits per heavy atom. The van der Waals surface area contributed by atoms with Gasteiger partial charge in [0.2, 0.25) is 5.91 Å². The lowest BCUT2D eigenvalue weighted by Crippen LogP contribution is -2.14. The molecule has 2 aromatic carbocycles. The summed E-state index contributed by atoms with van der Waals surface area (Å²) in [5.41, 5.74) is 1.47. The van der Waals surface area contributed by atoms with Crippen LogP contribution in [0.5, 0.6) is 5.75 Å². The van der Waals surface area contributed by atoms with Crippen LogP contribution in [0, 0.1) is 0 Å². The van der Waals surface area contributed by atoms with Crippen molar-refractivity contribution >= 4 is 42.4 Å². The maximum atomic E-state index is 12.3. The van der Waals surface area contributed by atoms with Crippen molar-refractivity contribution in [1.82, 2.24) is 4.98 Å². The molecule has 27 heavy (non-hydrogen) atoms. The number of nitrogens with one attached hydrogen (secondary N) is 1. The average Bonchev–Trinajstić information content (AvgIpc) is 3.05. The van der Waals surface area contributed by atoms with Gasteiger partial charge in [0.25, 0.3) is 0 Å². The lowest BCUT2D eigenvalue weighted by molar-refractivity contribution is -0.115. The van der Waals surface area contributed by atoms with E-state index in [-0.39, 0.29) is 23.0 Å². The quantitative estimate of drug-likeness (QED) is 0.649. The van der Waals surface area contributed by atoms with Crippen molar-refractivity contribution in [2.24, 2.45) is 0 Å². The zero-order valence-electron chi connectivity index (χ0n) is 15.1. The van der Waals surface area contributed by atoms with E-state index in [1.54, 1.807) is 19.1 Å². The average molecular weight is 405 g/mol. The molecule has 0 saturated carbocycles. The molecule has 1 aromatic heterocycles. The van der Waals surface area contributed by atoms with Crippen LogP contribution in [-0.4, -0.2) is 31.7 Å². The number of thiazole rings is 1. The van der Waals surface area contributed by atoms with Gasteiger partial charge in [0.15, 0.2) is 15.0 Å². The van der Waals surface area contributed by atoms with Crippen molar-refractivity contribution in [3.8, 4) is 5.75 Å². The Labute approximate surface area is 162 Å². The lowest BCUT2D eigenvalue weighted by Gasteiger charge is -2.04. The van der Waals surface area contributed by atoms with E-state index in [9.17, 15) is 13.2 Å². The Morgan fingerprint density at radius 2 is 1.89 bits per heavy atom. The Balaban J connectivity index is 1.71. The molecule has 6 nitrogen and oxygen atoms in total. The predicted octanol–water partition coefficient (Wildman–Crippen LogP) is 3.67. The number of amides is 1. The van der Waals surface area contributed by atoms with Crippen LogP contribution < -0.4 is 10.1 Å². The second-order valence-corrected chi connectivity index (χ2v) is 9.14. The molecule has 0 aliphatic rings. The molecular formula is C19H20N2O4S2. The first-order chi connectivity index (χ1) is 12.9. The van der Waals surface area contributed by atoms with Gasteiger partial charge in [-0.15, -0.1) is 0 Å². The number of carbonyl (C=O) groups excluding carboxylic acids is 1. The van der Waals surface area contributed by atoms with Gasteiger partial charge in [-0.25, -0.2) is 13.4 Å². The first kappa shape index (κ1) is 19.3. The van der Waals surface area contributed by atoms with Crippen molar-refractivity contribution in [2.45, 2.75) is 25.2 Å². The molecule has 0 aliphatic heterocycles. The van der Waals surface area contributed by atoms with Crippen LogP contribution in [0.3, 0.4) is 0 Å². The Hall–Kier alpha value is -2.45. The fourth-order valence-corrected chi connectivity index (χ4v) is 4.36. The number of ether oxygens (including phenoxy) is 1. The van der Waals surface area contributed by atoms with Crippen molar-refractivity contribution < 1.29 is 17.9 Å². The molecule has 0 atom stereocenters. The molecule has 1 heterocycles. The number of sulfone groups is 1. The van der Waals surface area contributed by atoms with Gasteiger partial charge in [-0.2, -0.15) is 0 Å². The third-order valence-electron chi connectivity index (χ3n) is 3.96. The molecule has 0 fully saturated rings. The van der Waals surface area contributed by atoms with E-state index in [0.29, 0.717) is 17.5 Å². The van der Waals surface area contributed by atoms with Crippen LogP contribution in [0.2, 0.25) is 0 Å². The van der Waals surface area contributed by atoms with Gasteiger partial charge in [0, 0.05) is 0 Å². The van der Waals surface area contributed by atoms with Crippen LogP contribution in [0.15, 0.2) is 47.4 Å². The summed E-state index contributed by atoms with van der Waals surface area (Å²) in [6.45, 7) is 4.05. The number of fused-ring (bicyclic) bond motifs is 1. The van der Waals surface area contributed by atoms with Gasteiger partial charge in [-0.3, -0.25) is 4.79 Å². The molecule has 3 aromatic rings. The molecule has 3 rings (SSSR count). The Kier molecular flexibility index (Phi) is 5.76. The summed E-state index contributed by atoms with van der Waals surface area (Å²) in [6, 6.07) is 12.1. The molecule has 0 bridgehead atoms. The number of rotatable bonds is 7. The molecule has 0 saturated heterocycles. The third kappa shape index (κ3) is 4.45. The van der Waals surface area contributed by atoms with E-state index in [2.05, 4.69) is 10.3 Å². The monoisotopic (exact) mass is 404 g/mol. The van der Waals surface area contributed by atoms with Crippen LogP contribution >= 0.6 is 11.3 Å². The van der Waals surface area contributed by atoms with Crippen molar-refractivity contribution in [2.75, 3.05) is 17.7 Å². The minimum atomic E-state index is -3.24. The van der Waals surface area contributed by atoms with Gasteiger partial charge in [0.05, 0.1) is 28.4 Å². The second kappa shape index (κ2) is 8.06. The number of hydrogen-bond acceptors (Lipinski definition) is 6. The molecule has 0 aliphatic carbocycles. The van der Waals surface area contributed by atoms with Crippen LogP contribution in [-0.2, 0) is 21.1 Å². The maximum Gasteiger partial charge on any atom is 0.230 e. The van der Waals surface area contributed by atoms with Crippen LogP contribution in [0.4, 0.5) is 5.13 Å². The van der Waals surface area contributed by atoms with E-state index in [4.69, 9.17) is 4.74 Å². The van der Waals surface area contributed by atoms with E-state index in [1.807, 2.05) is 25.1 Å². The maximum absolute atomic E-state index is 12.3. The number of aromatic nitrogens is 1. The number of benzene rings is 2. The van der Waals surface area contributed by atoms with Gasteiger partial charge in [-0.1, -0.05) is 36.5 Å². The Morgan fingerprint density at radius 1 is 1.15 bits per heavy atom. The molecule has 1 amide bonds. The lowest BCUT2D eigenvalue weighted by atomic mass is 10.1. The van der Waals surface area contributed by atoms with E-state index < -0.39 is 9.84 Å². The number of anilines is 1. The molecular weight excluding hydrogens is 384 g/mol. The predicted molar refractivity (Wildman–Crippen MR) is 107 cm³/mol. The van der Waals surface area contributed by atoms with E-state index in [0.717, 1.165) is 15.8 Å². The highest BCUT2D eigenvalue weighted by Gasteiger charge is 2.13. The summed E-state index contributed by atoms with van der Waals surface area (Å²) in [5.74, 6) is 0.534. The minimum Gasteiger partial charge on any atom is -0.492 e. The number of hydrogen-bond donors (Lipinski definition) is 1. The second-order valence-electron chi connectivity index (χ2n) is 5.83.